The van der Waals surface area contributed by atoms with Crippen LogP contribution in [0, 0.1) is 0 Å². The zero-order valence-electron chi connectivity index (χ0n) is 25.9. The molecule has 5 rings (SSSR count). The van der Waals surface area contributed by atoms with Gasteiger partial charge in [-0.15, -0.1) is 0 Å². The molecule has 260 valence electrons. The Labute approximate surface area is 286 Å². The molecule has 7 N–H and O–H groups in total. The number of anilines is 3. The number of carbonyl (C=O) groups excluding carboxylic acids is 1. The average molecular weight is 723 g/mol. The number of Topliss-reactive ketones (excluding diaryl/α,β-unsaturated/α-hetero) is 1. The van der Waals surface area contributed by atoms with Crippen LogP contribution in [-0.2, 0) is 26.7 Å². The summed E-state index contributed by atoms with van der Waals surface area (Å²) in [6, 6.07) is 21.4. The molecule has 0 unspecified atom stereocenters. The number of hydrogen-bond donors (Lipinski definition) is 6. The van der Waals surface area contributed by atoms with E-state index < -0.39 is 43.2 Å². The van der Waals surface area contributed by atoms with Gasteiger partial charge in [0.05, 0.1) is 22.9 Å². The molecule has 1 aliphatic rings. The maximum atomic E-state index is 13.7. The van der Waals surface area contributed by atoms with Crippen LogP contribution in [0.1, 0.15) is 21.5 Å². The molecule has 0 aromatic heterocycles. The Hall–Kier alpha value is -5.34. The summed E-state index contributed by atoms with van der Waals surface area (Å²) in [7, 11) is -9.43. The number of benzene rings is 4. The number of nitrogens with two attached hydrogens (primary N) is 1. The van der Waals surface area contributed by atoms with Crippen LogP contribution in [-0.4, -0.2) is 67.5 Å². The Kier molecular flexibility index (Phi) is 10.8. The third kappa shape index (κ3) is 8.44. The fourth-order valence-corrected chi connectivity index (χ4v) is 5.95. The van der Waals surface area contributed by atoms with Gasteiger partial charge < -0.3 is 20.3 Å². The molecule has 0 aliphatic heterocycles. The number of hydrogen-bond acceptors (Lipinski definition) is 14. The van der Waals surface area contributed by atoms with E-state index >= 15 is 0 Å². The van der Waals surface area contributed by atoms with E-state index in [4.69, 9.17) is 10.6 Å². The fourth-order valence-electron chi connectivity index (χ4n) is 4.82. The molecule has 0 fully saturated rings. The molecule has 0 saturated carbocycles. The number of rotatable bonds is 13. The molecular formula is C32H30N6O10S2. The van der Waals surface area contributed by atoms with Crippen molar-refractivity contribution < 1.29 is 45.7 Å². The summed E-state index contributed by atoms with van der Waals surface area (Å²) < 4.78 is 72.7. The Balaban J connectivity index is 1.53. The van der Waals surface area contributed by atoms with Gasteiger partial charge in [-0.1, -0.05) is 18.2 Å². The van der Waals surface area contributed by atoms with E-state index in [0.29, 0.717) is 16.4 Å². The topological polar surface area (TPSA) is 254 Å². The molecule has 0 bridgehead atoms. The Morgan fingerprint density at radius 3 is 2.18 bits per heavy atom. The summed E-state index contributed by atoms with van der Waals surface area (Å²) in [4.78, 5) is 12.5. The van der Waals surface area contributed by atoms with Crippen LogP contribution in [0.3, 0.4) is 0 Å². The quantitative estimate of drug-likeness (QED) is 0.0491. The number of allylic oxidation sites excluding steroid dienone is 1. The van der Waals surface area contributed by atoms with Gasteiger partial charge in [0, 0.05) is 29.6 Å². The van der Waals surface area contributed by atoms with Crippen molar-refractivity contribution in [2.75, 3.05) is 30.3 Å². The van der Waals surface area contributed by atoms with Gasteiger partial charge in [0.2, 0.25) is 5.78 Å². The summed E-state index contributed by atoms with van der Waals surface area (Å²) in [5.74, 6) is 5.38. The standard InChI is InChI=1S/C32H30N6O10S2/c33-38(37-31-30(50(45,46)47)18-21-16-24(8-11-26(21)32(31)41)34-22-4-2-1-3-5-22)28-17-20(12-13-39)27(19-29(28)48-15-14-40)36-35-23-6-9-25(10-7-23)49(42,43)44/h1-11,16-19,34,39-40H,12-15,33H2,(H,42,43,44)(H,45,46,47)/b36-35?,37-31+. The van der Waals surface area contributed by atoms with Gasteiger partial charge in [-0.05, 0) is 84.3 Å². The number of aliphatic hydroxyl groups is 2. The number of aliphatic hydroxyl groups excluding tert-OH is 2. The molecule has 18 heteroatoms. The number of fused-ring (bicyclic) bond motifs is 1. The Bertz CT molecular complexity index is 2230. The number of hydrazone groups is 1. The van der Waals surface area contributed by atoms with Crippen molar-refractivity contribution in [2.24, 2.45) is 21.2 Å². The van der Waals surface area contributed by atoms with E-state index in [9.17, 15) is 40.9 Å². The second-order valence-corrected chi connectivity index (χ2v) is 13.4. The van der Waals surface area contributed by atoms with Crippen molar-refractivity contribution in [3.05, 3.63) is 107 Å². The predicted molar refractivity (Wildman–Crippen MR) is 184 cm³/mol. The first-order chi connectivity index (χ1) is 23.8. The molecule has 0 atom stereocenters. The van der Waals surface area contributed by atoms with Crippen molar-refractivity contribution in [2.45, 2.75) is 11.3 Å². The summed E-state index contributed by atoms with van der Waals surface area (Å²) in [5.41, 5.74) is 1.56. The van der Waals surface area contributed by atoms with E-state index in [2.05, 4.69) is 20.6 Å². The van der Waals surface area contributed by atoms with Gasteiger partial charge in [-0.2, -0.15) is 37.3 Å². The van der Waals surface area contributed by atoms with Crippen LogP contribution < -0.4 is 21.0 Å². The lowest BCUT2D eigenvalue weighted by Crippen LogP contribution is -2.33. The van der Waals surface area contributed by atoms with Gasteiger partial charge in [0.15, 0.2) is 5.71 Å². The zero-order chi connectivity index (χ0) is 36.1. The summed E-state index contributed by atoms with van der Waals surface area (Å²) in [6.45, 7) is -1.00. The molecule has 0 radical (unpaired) electrons. The lowest BCUT2D eigenvalue weighted by Gasteiger charge is -2.22. The number of carbonyl (C=O) groups is 1. The van der Waals surface area contributed by atoms with Crippen molar-refractivity contribution in [3.8, 4) is 5.75 Å². The maximum Gasteiger partial charge on any atom is 0.296 e. The number of ether oxygens (including phenoxy) is 1. The van der Waals surface area contributed by atoms with Crippen LogP contribution in [0.25, 0.3) is 6.08 Å². The van der Waals surface area contributed by atoms with Gasteiger partial charge >= 0.3 is 0 Å². The normalized spacial score (nSPS) is 14.1. The van der Waals surface area contributed by atoms with Gasteiger partial charge in [-0.3, -0.25) is 13.9 Å². The zero-order valence-corrected chi connectivity index (χ0v) is 27.5. The number of nitrogens with one attached hydrogen (secondary N) is 1. The minimum Gasteiger partial charge on any atom is -0.489 e. The van der Waals surface area contributed by atoms with Crippen LogP contribution in [0.2, 0.25) is 0 Å². The highest BCUT2D eigenvalue weighted by Gasteiger charge is 2.34. The fraction of sp³-hybridized carbons (Fsp3) is 0.125. The molecule has 4 aromatic rings. The van der Waals surface area contributed by atoms with E-state index in [-0.39, 0.29) is 58.5 Å². The summed E-state index contributed by atoms with van der Waals surface area (Å²) >= 11 is 0. The van der Waals surface area contributed by atoms with E-state index in [1.807, 2.05) is 30.3 Å². The molecule has 0 spiro atoms. The minimum atomic E-state index is -5.01. The van der Waals surface area contributed by atoms with Crippen molar-refractivity contribution in [1.29, 1.82) is 0 Å². The van der Waals surface area contributed by atoms with Crippen molar-refractivity contribution in [1.82, 2.24) is 0 Å². The van der Waals surface area contributed by atoms with E-state index in [0.717, 1.165) is 23.9 Å². The molecule has 0 saturated heterocycles. The number of azo groups is 1. The SMILES string of the molecule is NN(/N=C1/C(=O)c2ccc(Nc3ccccc3)cc2C=C1S(=O)(=O)O)c1cc(CCO)c(N=Nc2ccc(S(=O)(=O)O)cc2)cc1OCCO. The Morgan fingerprint density at radius 2 is 1.54 bits per heavy atom. The largest absolute Gasteiger partial charge is 0.489 e. The molecule has 50 heavy (non-hydrogen) atoms. The van der Waals surface area contributed by atoms with Gasteiger partial charge in [0.25, 0.3) is 20.2 Å². The van der Waals surface area contributed by atoms with Crippen LogP contribution in [0.5, 0.6) is 5.75 Å². The van der Waals surface area contributed by atoms with Crippen molar-refractivity contribution in [3.63, 3.8) is 0 Å². The first kappa shape index (κ1) is 36.0. The third-order valence-electron chi connectivity index (χ3n) is 7.12. The predicted octanol–water partition coefficient (Wildman–Crippen LogP) is 4.16. The van der Waals surface area contributed by atoms with Crippen LogP contribution in [0.15, 0.2) is 110 Å². The second-order valence-electron chi connectivity index (χ2n) is 10.6. The first-order valence-electron chi connectivity index (χ1n) is 14.6. The van der Waals surface area contributed by atoms with Crippen LogP contribution >= 0.6 is 0 Å². The molecular weight excluding hydrogens is 693 g/mol. The van der Waals surface area contributed by atoms with Gasteiger partial charge in [-0.25, -0.2) is 5.84 Å². The van der Waals surface area contributed by atoms with Crippen LogP contribution in [0.4, 0.5) is 28.4 Å². The Morgan fingerprint density at radius 1 is 0.820 bits per heavy atom. The average Bonchev–Trinajstić information content (AvgIpc) is 3.07. The lowest BCUT2D eigenvalue weighted by molar-refractivity contribution is 0.106. The highest BCUT2D eigenvalue weighted by Crippen LogP contribution is 2.37. The van der Waals surface area contributed by atoms with Gasteiger partial charge in [0.1, 0.15) is 22.9 Å². The first-order valence-corrected chi connectivity index (χ1v) is 17.5. The molecule has 0 heterocycles. The number of nitrogens with zero attached hydrogens (tertiary/aromatic N) is 4. The maximum absolute atomic E-state index is 13.7. The highest BCUT2D eigenvalue weighted by molar-refractivity contribution is 7.91. The van der Waals surface area contributed by atoms with E-state index in [1.54, 1.807) is 12.1 Å². The minimum absolute atomic E-state index is 0.00949. The van der Waals surface area contributed by atoms with E-state index in [1.165, 1.54) is 30.3 Å². The molecule has 4 aromatic carbocycles. The highest BCUT2D eigenvalue weighted by atomic mass is 32.2. The summed E-state index contributed by atoms with van der Waals surface area (Å²) in [5, 5.41) is 35.3. The monoisotopic (exact) mass is 722 g/mol. The smallest absolute Gasteiger partial charge is 0.296 e. The molecule has 1 aliphatic carbocycles. The number of hydrazine groups is 1. The van der Waals surface area contributed by atoms with Crippen molar-refractivity contribution >= 4 is 66.2 Å². The third-order valence-corrected chi connectivity index (χ3v) is 8.86. The number of para-hydroxylation sites is 1. The molecule has 0 amide bonds. The lowest BCUT2D eigenvalue weighted by atomic mass is 9.94. The summed E-state index contributed by atoms with van der Waals surface area (Å²) in [6.07, 6.45) is 1.11. The molecule has 16 nitrogen and oxygen atoms in total. The number of ketones is 1. The second kappa shape index (κ2) is 15.0.